The van der Waals surface area contributed by atoms with Gasteiger partial charge in [-0.05, 0) is 55.3 Å². The Morgan fingerprint density at radius 3 is 2.47 bits per heavy atom. The third-order valence-electron chi connectivity index (χ3n) is 5.25. The minimum Gasteiger partial charge on any atom is -0.355 e. The fourth-order valence-electron chi connectivity index (χ4n) is 3.64. The predicted molar refractivity (Wildman–Crippen MR) is 117 cm³/mol. The minimum atomic E-state index is -0.258. The number of aromatic nitrogens is 2. The van der Waals surface area contributed by atoms with Gasteiger partial charge in [0.2, 0.25) is 0 Å². The van der Waals surface area contributed by atoms with Crippen LogP contribution in [0.25, 0.3) is 11.3 Å². The number of nitrogens with one attached hydrogen (secondary N) is 1. The Hall–Kier alpha value is -3.72. The van der Waals surface area contributed by atoms with Gasteiger partial charge >= 0.3 is 0 Å². The highest BCUT2D eigenvalue weighted by Crippen LogP contribution is 2.23. The fraction of sp³-hybridized carbons (Fsp3) is 0.250. The Kier molecular flexibility index (Phi) is 6.00. The number of hydrogen-bond acceptors (Lipinski definition) is 5. The molecule has 0 aliphatic carbocycles. The number of amides is 1. The van der Waals surface area contributed by atoms with Gasteiger partial charge in [0.25, 0.3) is 5.91 Å². The van der Waals surface area contributed by atoms with Gasteiger partial charge in [0.05, 0.1) is 17.3 Å². The smallest absolute Gasteiger partial charge is 0.255 e. The molecule has 0 saturated carbocycles. The molecule has 1 aliphatic rings. The fourth-order valence-corrected chi connectivity index (χ4v) is 3.64. The second-order valence-corrected chi connectivity index (χ2v) is 7.41. The summed E-state index contributed by atoms with van der Waals surface area (Å²) in [5, 5.41) is 20.8. The van der Waals surface area contributed by atoms with Crippen LogP contribution in [0.2, 0.25) is 0 Å². The van der Waals surface area contributed by atoms with Crippen LogP contribution in [0.15, 0.2) is 60.7 Å². The van der Waals surface area contributed by atoms with E-state index < -0.39 is 0 Å². The number of hydrogen-bond donors (Lipinski definition) is 1. The van der Waals surface area contributed by atoms with Crippen molar-refractivity contribution >= 4 is 17.4 Å². The summed E-state index contributed by atoms with van der Waals surface area (Å²) in [5.41, 5.74) is 3.21. The van der Waals surface area contributed by atoms with Crippen LogP contribution in [0.4, 0.5) is 11.5 Å². The van der Waals surface area contributed by atoms with Crippen LogP contribution >= 0.6 is 0 Å². The van der Waals surface area contributed by atoms with E-state index >= 15 is 0 Å². The number of anilines is 2. The monoisotopic (exact) mass is 397 g/mol. The Balaban J connectivity index is 1.49. The first-order valence-electron chi connectivity index (χ1n) is 10.2. The van der Waals surface area contributed by atoms with Gasteiger partial charge in [-0.2, -0.15) is 5.26 Å². The summed E-state index contributed by atoms with van der Waals surface area (Å²) in [5.74, 6) is 0.661. The van der Waals surface area contributed by atoms with Crippen molar-refractivity contribution in [3.63, 3.8) is 0 Å². The summed E-state index contributed by atoms with van der Waals surface area (Å²) in [6.45, 7) is 2.06. The molecule has 4 rings (SSSR count). The number of carbonyl (C=O) groups is 1. The summed E-state index contributed by atoms with van der Waals surface area (Å²) >= 11 is 0. The molecule has 150 valence electrons. The molecule has 30 heavy (non-hydrogen) atoms. The molecule has 2 heterocycles. The van der Waals surface area contributed by atoms with Crippen LogP contribution < -0.4 is 10.2 Å². The predicted octanol–water partition coefficient (Wildman–Crippen LogP) is 4.65. The molecule has 1 N–H and O–H groups in total. The normalized spacial score (nSPS) is 13.9. The lowest BCUT2D eigenvalue weighted by atomic mass is 10.1. The molecule has 3 aromatic rings. The molecule has 1 saturated heterocycles. The zero-order valence-corrected chi connectivity index (χ0v) is 16.7. The SMILES string of the molecule is N#Cc1cccc(C(=O)Nc2cccc(-c3ccc(N4CCCCCC4)nn3)c2)c1. The standard InChI is InChI=1S/C24H23N5O/c25-17-18-7-5-9-20(15-18)24(30)26-21-10-6-8-19(16-21)22-11-12-23(28-27-22)29-13-3-1-2-4-14-29/h5-12,15-16H,1-4,13-14H2,(H,26,30). The maximum Gasteiger partial charge on any atom is 0.255 e. The third-order valence-corrected chi connectivity index (χ3v) is 5.25. The van der Waals surface area contributed by atoms with Crippen molar-refractivity contribution < 1.29 is 4.79 Å². The lowest BCUT2D eigenvalue weighted by Crippen LogP contribution is -2.25. The van der Waals surface area contributed by atoms with Crippen LogP contribution in [-0.4, -0.2) is 29.2 Å². The second kappa shape index (κ2) is 9.19. The van der Waals surface area contributed by atoms with Crippen molar-refractivity contribution in [3.05, 3.63) is 71.8 Å². The van der Waals surface area contributed by atoms with Crippen LogP contribution in [0.1, 0.15) is 41.6 Å². The summed E-state index contributed by atoms with van der Waals surface area (Å²) in [7, 11) is 0. The average Bonchev–Trinajstić information content (AvgIpc) is 3.09. The van der Waals surface area contributed by atoms with E-state index in [-0.39, 0.29) is 5.91 Å². The van der Waals surface area contributed by atoms with Gasteiger partial charge in [0.15, 0.2) is 5.82 Å². The van der Waals surface area contributed by atoms with E-state index in [9.17, 15) is 4.79 Å². The van der Waals surface area contributed by atoms with Crippen molar-refractivity contribution in [1.82, 2.24) is 10.2 Å². The van der Waals surface area contributed by atoms with E-state index in [4.69, 9.17) is 5.26 Å². The summed E-state index contributed by atoms with van der Waals surface area (Å²) in [6, 6.07) is 20.2. The Morgan fingerprint density at radius 2 is 1.73 bits per heavy atom. The van der Waals surface area contributed by atoms with Gasteiger partial charge in [-0.1, -0.05) is 31.0 Å². The van der Waals surface area contributed by atoms with Crippen molar-refractivity contribution in [3.8, 4) is 17.3 Å². The third kappa shape index (κ3) is 4.64. The highest BCUT2D eigenvalue weighted by Gasteiger charge is 2.12. The van der Waals surface area contributed by atoms with Crippen molar-refractivity contribution in [1.29, 1.82) is 5.26 Å². The Bertz CT molecular complexity index is 1060. The molecule has 1 aliphatic heterocycles. The maximum absolute atomic E-state index is 12.5. The van der Waals surface area contributed by atoms with Gasteiger partial charge in [-0.15, -0.1) is 10.2 Å². The summed E-state index contributed by atoms with van der Waals surface area (Å²) in [4.78, 5) is 14.8. The van der Waals surface area contributed by atoms with Crippen LogP contribution in [-0.2, 0) is 0 Å². The van der Waals surface area contributed by atoms with Gasteiger partial charge in [-0.3, -0.25) is 4.79 Å². The number of rotatable bonds is 4. The molecule has 2 aromatic carbocycles. The van der Waals surface area contributed by atoms with Gasteiger partial charge in [-0.25, -0.2) is 0 Å². The van der Waals surface area contributed by atoms with E-state index in [0.717, 1.165) is 30.2 Å². The lowest BCUT2D eigenvalue weighted by molar-refractivity contribution is 0.102. The van der Waals surface area contributed by atoms with Crippen molar-refractivity contribution in [2.24, 2.45) is 0 Å². The van der Waals surface area contributed by atoms with E-state index in [1.807, 2.05) is 42.5 Å². The molecule has 0 bridgehead atoms. The Labute approximate surface area is 176 Å². The first-order valence-corrected chi connectivity index (χ1v) is 10.2. The van der Waals surface area contributed by atoms with Crippen molar-refractivity contribution in [2.45, 2.75) is 25.7 Å². The molecule has 1 amide bonds. The lowest BCUT2D eigenvalue weighted by Gasteiger charge is -2.20. The van der Waals surface area contributed by atoms with E-state index in [0.29, 0.717) is 16.8 Å². The number of benzene rings is 2. The van der Waals surface area contributed by atoms with Gasteiger partial charge in [0.1, 0.15) is 0 Å². The molecule has 0 atom stereocenters. The second-order valence-electron chi connectivity index (χ2n) is 7.41. The van der Waals surface area contributed by atoms with Crippen molar-refractivity contribution in [2.75, 3.05) is 23.3 Å². The maximum atomic E-state index is 12.5. The topological polar surface area (TPSA) is 81.9 Å². The number of nitrogens with zero attached hydrogens (tertiary/aromatic N) is 4. The average molecular weight is 397 g/mol. The van der Waals surface area contributed by atoms with Crippen LogP contribution in [0.5, 0.6) is 0 Å². The molecular formula is C24H23N5O. The number of nitriles is 1. The van der Waals surface area contributed by atoms with Gasteiger partial charge in [0, 0.05) is 29.9 Å². The molecule has 0 unspecified atom stereocenters. The van der Waals surface area contributed by atoms with E-state index in [2.05, 4.69) is 20.4 Å². The number of carbonyl (C=O) groups excluding carboxylic acids is 1. The van der Waals surface area contributed by atoms with Crippen LogP contribution in [0.3, 0.4) is 0 Å². The Morgan fingerprint density at radius 1 is 0.933 bits per heavy atom. The molecule has 1 aromatic heterocycles. The minimum absolute atomic E-state index is 0.258. The highest BCUT2D eigenvalue weighted by molar-refractivity contribution is 6.04. The largest absolute Gasteiger partial charge is 0.355 e. The molecule has 6 heteroatoms. The molecule has 6 nitrogen and oxygen atoms in total. The first kappa shape index (κ1) is 19.6. The van der Waals surface area contributed by atoms with E-state index in [1.54, 1.807) is 24.3 Å². The van der Waals surface area contributed by atoms with E-state index in [1.165, 1.54) is 25.7 Å². The highest BCUT2D eigenvalue weighted by atomic mass is 16.1. The molecular weight excluding hydrogens is 374 g/mol. The van der Waals surface area contributed by atoms with Crippen LogP contribution in [0, 0.1) is 11.3 Å². The summed E-state index contributed by atoms with van der Waals surface area (Å²) in [6.07, 6.45) is 4.95. The molecule has 0 spiro atoms. The van der Waals surface area contributed by atoms with Gasteiger partial charge < -0.3 is 10.2 Å². The zero-order valence-electron chi connectivity index (χ0n) is 16.7. The molecule has 1 fully saturated rings. The zero-order chi connectivity index (χ0) is 20.8. The molecule has 0 radical (unpaired) electrons. The quantitative estimate of drug-likeness (QED) is 0.693. The summed E-state index contributed by atoms with van der Waals surface area (Å²) < 4.78 is 0. The first-order chi connectivity index (χ1) is 14.7.